The molecule has 3 rings (SSSR count). The number of hydrogen-bond donors (Lipinski definition) is 1. The van der Waals surface area contributed by atoms with E-state index in [-0.39, 0.29) is 5.92 Å². The average Bonchev–Trinajstić information content (AvgIpc) is 2.63. The minimum absolute atomic E-state index is 0.297. The van der Waals surface area contributed by atoms with Gasteiger partial charge in [-0.05, 0) is 92.7 Å². The van der Waals surface area contributed by atoms with E-state index < -0.39 is 5.97 Å². The van der Waals surface area contributed by atoms with Crippen LogP contribution in [-0.4, -0.2) is 11.1 Å². The van der Waals surface area contributed by atoms with E-state index in [1.807, 2.05) is 0 Å². The molecule has 2 aliphatic rings. The zero-order chi connectivity index (χ0) is 17.8. The van der Waals surface area contributed by atoms with Crippen molar-refractivity contribution in [2.24, 2.45) is 23.7 Å². The van der Waals surface area contributed by atoms with Gasteiger partial charge in [0.15, 0.2) is 0 Å². The third-order valence-electron chi connectivity index (χ3n) is 6.64. The quantitative estimate of drug-likeness (QED) is 0.574. The molecule has 0 saturated heterocycles. The van der Waals surface area contributed by atoms with Crippen molar-refractivity contribution < 1.29 is 9.90 Å². The van der Waals surface area contributed by atoms with Crippen LogP contribution in [0, 0.1) is 23.7 Å². The fraction of sp³-hybridized carbons (Fsp3) is 0.591. The minimum Gasteiger partial charge on any atom is -0.481 e. The number of carboxylic acids is 1. The van der Waals surface area contributed by atoms with Crippen molar-refractivity contribution in [3.8, 4) is 0 Å². The molecule has 0 aromatic heterocycles. The van der Waals surface area contributed by atoms with Gasteiger partial charge in [0.05, 0.1) is 5.92 Å². The first-order chi connectivity index (χ1) is 12.1. The van der Waals surface area contributed by atoms with Crippen molar-refractivity contribution in [3.05, 3.63) is 47.0 Å². The molecule has 1 unspecified atom stereocenters. The van der Waals surface area contributed by atoms with E-state index in [1.54, 1.807) is 6.08 Å². The molecule has 2 nitrogen and oxygen atoms in total. The molecule has 1 aromatic carbocycles. The third-order valence-corrected chi connectivity index (χ3v) is 7.17. The van der Waals surface area contributed by atoms with Gasteiger partial charge in [-0.1, -0.05) is 34.1 Å². The second-order valence-electron chi connectivity index (χ2n) is 7.94. The molecular weight excluding hydrogens is 376 g/mol. The second kappa shape index (κ2) is 8.53. The van der Waals surface area contributed by atoms with E-state index in [1.165, 1.54) is 44.1 Å². The Morgan fingerprint density at radius 1 is 1.00 bits per heavy atom. The van der Waals surface area contributed by atoms with Gasteiger partial charge in [-0.3, -0.25) is 4.79 Å². The molecule has 3 heteroatoms. The summed E-state index contributed by atoms with van der Waals surface area (Å²) in [7, 11) is 0. The lowest BCUT2D eigenvalue weighted by Gasteiger charge is -2.38. The zero-order valence-corrected chi connectivity index (χ0v) is 16.5. The Labute approximate surface area is 159 Å². The molecule has 0 spiro atoms. The van der Waals surface area contributed by atoms with Gasteiger partial charge in [-0.25, -0.2) is 0 Å². The molecule has 0 radical (unpaired) electrons. The van der Waals surface area contributed by atoms with Crippen LogP contribution in [0.15, 0.2) is 41.4 Å². The maximum Gasteiger partial charge on any atom is 0.310 e. The van der Waals surface area contributed by atoms with Gasteiger partial charge in [0.25, 0.3) is 0 Å². The Morgan fingerprint density at radius 2 is 1.52 bits per heavy atom. The van der Waals surface area contributed by atoms with Gasteiger partial charge < -0.3 is 5.11 Å². The molecule has 2 aliphatic carbocycles. The van der Waals surface area contributed by atoms with E-state index in [0.29, 0.717) is 5.92 Å². The van der Waals surface area contributed by atoms with E-state index in [4.69, 9.17) is 0 Å². The molecule has 1 atom stereocenters. The van der Waals surface area contributed by atoms with Crippen LogP contribution in [0.5, 0.6) is 0 Å². The highest BCUT2D eigenvalue weighted by molar-refractivity contribution is 9.10. The third kappa shape index (κ3) is 4.55. The molecule has 136 valence electrons. The fourth-order valence-electron chi connectivity index (χ4n) is 5.13. The summed E-state index contributed by atoms with van der Waals surface area (Å²) in [5.41, 5.74) is 1.49. The minimum atomic E-state index is -0.701. The number of halogens is 1. The SMILES string of the molecule is C=CC(C(=O)O)C1CCC(C2CCC(c3ccc(Br)cc3)CC2)CC1. The number of benzene rings is 1. The van der Waals surface area contributed by atoms with Crippen molar-refractivity contribution in [3.63, 3.8) is 0 Å². The van der Waals surface area contributed by atoms with E-state index in [2.05, 4.69) is 46.8 Å². The lowest BCUT2D eigenvalue weighted by atomic mass is 9.67. The van der Waals surface area contributed by atoms with Gasteiger partial charge in [0.2, 0.25) is 0 Å². The molecule has 0 heterocycles. The normalized spacial score (nSPS) is 31.2. The largest absolute Gasteiger partial charge is 0.481 e. The average molecular weight is 405 g/mol. The number of carboxylic acid groups (broad SMARTS) is 1. The zero-order valence-electron chi connectivity index (χ0n) is 14.9. The van der Waals surface area contributed by atoms with Gasteiger partial charge in [-0.15, -0.1) is 6.58 Å². The molecule has 0 bridgehead atoms. The van der Waals surface area contributed by atoms with Crippen LogP contribution in [-0.2, 0) is 4.79 Å². The lowest BCUT2D eigenvalue weighted by Crippen LogP contribution is -2.30. The number of hydrogen-bond acceptors (Lipinski definition) is 1. The fourth-order valence-corrected chi connectivity index (χ4v) is 5.39. The maximum atomic E-state index is 11.3. The molecule has 1 N–H and O–H groups in total. The summed E-state index contributed by atoms with van der Waals surface area (Å²) >= 11 is 3.52. The second-order valence-corrected chi connectivity index (χ2v) is 8.85. The highest BCUT2D eigenvalue weighted by Gasteiger charge is 2.34. The monoisotopic (exact) mass is 404 g/mol. The van der Waals surface area contributed by atoms with Gasteiger partial charge >= 0.3 is 5.97 Å². The highest BCUT2D eigenvalue weighted by Crippen LogP contribution is 2.45. The van der Waals surface area contributed by atoms with Crippen LogP contribution >= 0.6 is 15.9 Å². The number of carbonyl (C=O) groups is 1. The summed E-state index contributed by atoms with van der Waals surface area (Å²) in [6.45, 7) is 3.73. The van der Waals surface area contributed by atoms with Crippen molar-refractivity contribution >= 4 is 21.9 Å². The van der Waals surface area contributed by atoms with Crippen LogP contribution in [0.3, 0.4) is 0 Å². The summed E-state index contributed by atoms with van der Waals surface area (Å²) in [6.07, 6.45) is 11.4. The Morgan fingerprint density at radius 3 is 2.00 bits per heavy atom. The Hall–Kier alpha value is -1.09. The number of aliphatic carboxylic acids is 1. The molecule has 1 aromatic rings. The molecule has 2 fully saturated rings. The molecule has 2 saturated carbocycles. The topological polar surface area (TPSA) is 37.3 Å². The van der Waals surface area contributed by atoms with E-state index >= 15 is 0 Å². The van der Waals surface area contributed by atoms with Crippen LogP contribution in [0.25, 0.3) is 0 Å². The Bertz CT molecular complexity index is 579. The standard InChI is InChI=1S/C22H29BrO2/c1-2-21(22(24)25)19-9-7-17(8-10-19)15-3-5-16(6-4-15)18-11-13-20(23)14-12-18/h2,11-17,19,21H,1,3-10H2,(H,24,25). The number of rotatable bonds is 5. The first kappa shape index (κ1) is 18.7. The van der Waals surface area contributed by atoms with E-state index in [0.717, 1.165) is 35.1 Å². The maximum absolute atomic E-state index is 11.3. The molecule has 0 amide bonds. The van der Waals surface area contributed by atoms with Gasteiger partial charge in [-0.2, -0.15) is 0 Å². The summed E-state index contributed by atoms with van der Waals surface area (Å²) in [5, 5.41) is 9.32. The summed E-state index contributed by atoms with van der Waals surface area (Å²) in [4.78, 5) is 11.3. The summed E-state index contributed by atoms with van der Waals surface area (Å²) in [6, 6.07) is 8.84. The van der Waals surface area contributed by atoms with Gasteiger partial charge in [0.1, 0.15) is 0 Å². The summed E-state index contributed by atoms with van der Waals surface area (Å²) in [5.74, 6) is 1.62. The molecule has 0 aliphatic heterocycles. The Kier molecular flexibility index (Phi) is 6.38. The first-order valence-electron chi connectivity index (χ1n) is 9.69. The summed E-state index contributed by atoms with van der Waals surface area (Å²) < 4.78 is 1.15. The van der Waals surface area contributed by atoms with Crippen LogP contribution in [0.2, 0.25) is 0 Å². The van der Waals surface area contributed by atoms with Crippen LogP contribution in [0.1, 0.15) is 62.8 Å². The van der Waals surface area contributed by atoms with Crippen molar-refractivity contribution in [2.75, 3.05) is 0 Å². The molecule has 25 heavy (non-hydrogen) atoms. The molecular formula is C22H29BrO2. The van der Waals surface area contributed by atoms with Crippen molar-refractivity contribution in [1.82, 2.24) is 0 Å². The highest BCUT2D eigenvalue weighted by atomic mass is 79.9. The smallest absolute Gasteiger partial charge is 0.310 e. The predicted molar refractivity (Wildman–Crippen MR) is 106 cm³/mol. The predicted octanol–water partition coefficient (Wildman–Crippen LogP) is 6.42. The van der Waals surface area contributed by atoms with Crippen LogP contribution in [0.4, 0.5) is 0 Å². The van der Waals surface area contributed by atoms with Crippen LogP contribution < -0.4 is 0 Å². The van der Waals surface area contributed by atoms with Crippen molar-refractivity contribution in [2.45, 2.75) is 57.3 Å². The van der Waals surface area contributed by atoms with Crippen molar-refractivity contribution in [1.29, 1.82) is 0 Å². The van der Waals surface area contributed by atoms with Gasteiger partial charge in [0, 0.05) is 4.47 Å². The Balaban J connectivity index is 1.48. The lowest BCUT2D eigenvalue weighted by molar-refractivity contribution is -0.142. The van der Waals surface area contributed by atoms with E-state index in [9.17, 15) is 9.90 Å². The first-order valence-corrected chi connectivity index (χ1v) is 10.5.